The number of thioether (sulfide) groups is 1. The molecule has 0 unspecified atom stereocenters. The van der Waals surface area contributed by atoms with Gasteiger partial charge in [0.15, 0.2) is 5.16 Å². The normalized spacial score (nSPS) is 11.1. The summed E-state index contributed by atoms with van der Waals surface area (Å²) in [7, 11) is 0. The summed E-state index contributed by atoms with van der Waals surface area (Å²) >= 11 is 1.42. The second-order valence-corrected chi connectivity index (χ2v) is 6.56. The zero-order valence-electron chi connectivity index (χ0n) is 14.1. The molecule has 0 aliphatic heterocycles. The largest absolute Gasteiger partial charge is 0.420 e. The van der Waals surface area contributed by atoms with Crippen molar-refractivity contribution in [2.75, 3.05) is 0 Å². The van der Waals surface area contributed by atoms with Gasteiger partial charge >= 0.3 is 0 Å². The van der Waals surface area contributed by atoms with Crippen molar-refractivity contribution in [3.8, 4) is 11.5 Å². The van der Waals surface area contributed by atoms with Crippen LogP contribution in [0.25, 0.3) is 22.4 Å². The summed E-state index contributed by atoms with van der Waals surface area (Å²) in [6.07, 6.45) is 0. The van der Waals surface area contributed by atoms with Crippen LogP contribution in [-0.2, 0) is 12.3 Å². The number of rotatable bonds is 5. The van der Waals surface area contributed by atoms with Crippen LogP contribution in [0.5, 0.6) is 0 Å². The van der Waals surface area contributed by atoms with Gasteiger partial charge in [-0.3, -0.25) is 9.36 Å². The fourth-order valence-corrected chi connectivity index (χ4v) is 3.57. The Balaban J connectivity index is 1.60. The maximum atomic E-state index is 12.6. The Labute approximate surface area is 153 Å². The van der Waals surface area contributed by atoms with Gasteiger partial charge in [-0.2, -0.15) is 0 Å². The third kappa shape index (κ3) is 3.13. The van der Waals surface area contributed by atoms with E-state index in [1.165, 1.54) is 11.8 Å². The van der Waals surface area contributed by atoms with Crippen LogP contribution in [0.1, 0.15) is 12.8 Å². The number of hydrogen-bond donors (Lipinski definition) is 0. The van der Waals surface area contributed by atoms with Gasteiger partial charge in [-0.05, 0) is 31.2 Å². The molecular weight excluding hydrogens is 348 g/mol. The van der Waals surface area contributed by atoms with E-state index < -0.39 is 0 Å². The lowest BCUT2D eigenvalue weighted by Gasteiger charge is -2.10. The van der Waals surface area contributed by atoms with Crippen molar-refractivity contribution in [1.82, 2.24) is 19.7 Å². The minimum atomic E-state index is -0.0314. The van der Waals surface area contributed by atoms with Gasteiger partial charge in [-0.1, -0.05) is 42.1 Å². The molecule has 0 amide bonds. The molecule has 0 saturated carbocycles. The van der Waals surface area contributed by atoms with E-state index >= 15 is 0 Å². The van der Waals surface area contributed by atoms with Crippen LogP contribution in [0.2, 0.25) is 0 Å². The fourth-order valence-electron chi connectivity index (χ4n) is 2.67. The van der Waals surface area contributed by atoms with Crippen LogP contribution in [0.3, 0.4) is 0 Å². The fraction of sp³-hybridized carbons (Fsp3) is 0.158. The lowest BCUT2D eigenvalue weighted by atomic mass is 10.2. The van der Waals surface area contributed by atoms with E-state index in [1.807, 2.05) is 55.5 Å². The van der Waals surface area contributed by atoms with Crippen molar-refractivity contribution in [3.63, 3.8) is 0 Å². The molecule has 0 saturated heterocycles. The maximum absolute atomic E-state index is 12.6. The van der Waals surface area contributed by atoms with Crippen LogP contribution < -0.4 is 5.56 Å². The van der Waals surface area contributed by atoms with Crippen LogP contribution in [0.15, 0.2) is 69.0 Å². The number of nitrogens with zero attached hydrogens (tertiary/aromatic N) is 4. The second kappa shape index (κ2) is 7.13. The summed E-state index contributed by atoms with van der Waals surface area (Å²) < 4.78 is 7.39. The number of aromatic nitrogens is 4. The zero-order valence-corrected chi connectivity index (χ0v) is 14.9. The highest BCUT2D eigenvalue weighted by atomic mass is 32.2. The Kier molecular flexibility index (Phi) is 4.53. The van der Waals surface area contributed by atoms with Crippen LogP contribution in [0.4, 0.5) is 0 Å². The smallest absolute Gasteiger partial charge is 0.262 e. The predicted octanol–water partition coefficient (Wildman–Crippen LogP) is 3.76. The molecule has 4 aromatic rings. The Morgan fingerprint density at radius 3 is 2.62 bits per heavy atom. The summed E-state index contributed by atoms with van der Waals surface area (Å²) in [6.45, 7) is 2.49. The lowest BCUT2D eigenvalue weighted by Crippen LogP contribution is -2.22. The standard InChI is InChI=1S/C19H16N4O2S/c1-2-23-18(24)14-10-6-7-11-15(14)20-19(23)26-12-16-21-22-17(25-16)13-8-4-3-5-9-13/h3-11H,2,12H2,1H3. The molecule has 0 spiro atoms. The number of para-hydroxylation sites is 1. The van der Waals surface area contributed by atoms with Gasteiger partial charge < -0.3 is 4.42 Å². The summed E-state index contributed by atoms with van der Waals surface area (Å²) in [5.41, 5.74) is 1.54. The molecular formula is C19H16N4O2S. The molecule has 0 fully saturated rings. The quantitative estimate of drug-likeness (QED) is 0.396. The third-order valence-corrected chi connectivity index (χ3v) is 4.92. The molecule has 0 N–H and O–H groups in total. The van der Waals surface area contributed by atoms with Crippen molar-refractivity contribution in [3.05, 3.63) is 70.8 Å². The molecule has 6 nitrogen and oxygen atoms in total. The molecule has 7 heteroatoms. The van der Waals surface area contributed by atoms with E-state index in [0.717, 1.165) is 5.56 Å². The maximum Gasteiger partial charge on any atom is 0.262 e. The lowest BCUT2D eigenvalue weighted by molar-refractivity contribution is 0.527. The van der Waals surface area contributed by atoms with E-state index in [0.29, 0.717) is 40.1 Å². The van der Waals surface area contributed by atoms with Crippen molar-refractivity contribution >= 4 is 22.7 Å². The van der Waals surface area contributed by atoms with E-state index in [-0.39, 0.29) is 5.56 Å². The summed E-state index contributed by atoms with van der Waals surface area (Å²) in [5, 5.41) is 9.46. The molecule has 0 radical (unpaired) electrons. The van der Waals surface area contributed by atoms with Crippen LogP contribution in [0, 0.1) is 0 Å². The van der Waals surface area contributed by atoms with Crippen molar-refractivity contribution < 1.29 is 4.42 Å². The van der Waals surface area contributed by atoms with E-state index in [1.54, 1.807) is 10.6 Å². The first-order valence-electron chi connectivity index (χ1n) is 8.26. The molecule has 2 aromatic heterocycles. The second-order valence-electron chi connectivity index (χ2n) is 5.62. The topological polar surface area (TPSA) is 73.8 Å². The van der Waals surface area contributed by atoms with Crippen LogP contribution in [-0.4, -0.2) is 19.7 Å². The minimum Gasteiger partial charge on any atom is -0.420 e. The summed E-state index contributed by atoms with van der Waals surface area (Å²) in [6, 6.07) is 17.0. The Morgan fingerprint density at radius 2 is 1.81 bits per heavy atom. The molecule has 130 valence electrons. The molecule has 4 rings (SSSR count). The van der Waals surface area contributed by atoms with Gasteiger partial charge in [0, 0.05) is 12.1 Å². The first kappa shape index (κ1) is 16.5. The van der Waals surface area contributed by atoms with Crippen molar-refractivity contribution in [2.45, 2.75) is 24.4 Å². The average molecular weight is 364 g/mol. The van der Waals surface area contributed by atoms with Gasteiger partial charge in [0.2, 0.25) is 11.8 Å². The predicted molar refractivity (Wildman–Crippen MR) is 101 cm³/mol. The Morgan fingerprint density at radius 1 is 1.04 bits per heavy atom. The van der Waals surface area contributed by atoms with Crippen molar-refractivity contribution in [1.29, 1.82) is 0 Å². The molecule has 0 bridgehead atoms. The highest BCUT2D eigenvalue weighted by Crippen LogP contribution is 2.24. The van der Waals surface area contributed by atoms with Gasteiger partial charge in [0.1, 0.15) is 0 Å². The minimum absolute atomic E-state index is 0.0314. The van der Waals surface area contributed by atoms with E-state index in [9.17, 15) is 4.79 Å². The Hall–Kier alpha value is -2.93. The summed E-state index contributed by atoms with van der Waals surface area (Å²) in [5.74, 6) is 1.43. The van der Waals surface area contributed by atoms with Gasteiger partial charge in [0.05, 0.1) is 16.7 Å². The van der Waals surface area contributed by atoms with Gasteiger partial charge in [0.25, 0.3) is 5.56 Å². The first-order chi connectivity index (χ1) is 12.8. The number of benzene rings is 2. The van der Waals surface area contributed by atoms with E-state index in [2.05, 4.69) is 15.2 Å². The molecule has 0 aliphatic carbocycles. The SMILES string of the molecule is CCn1c(SCc2nnc(-c3ccccc3)o2)nc2ccccc2c1=O. The van der Waals surface area contributed by atoms with E-state index in [4.69, 9.17) is 4.42 Å². The van der Waals surface area contributed by atoms with Crippen LogP contribution >= 0.6 is 11.8 Å². The molecule has 26 heavy (non-hydrogen) atoms. The highest BCUT2D eigenvalue weighted by molar-refractivity contribution is 7.98. The molecule has 0 aliphatic rings. The van der Waals surface area contributed by atoms with Crippen molar-refractivity contribution in [2.24, 2.45) is 0 Å². The molecule has 2 aromatic carbocycles. The van der Waals surface area contributed by atoms with Gasteiger partial charge in [-0.15, -0.1) is 10.2 Å². The highest BCUT2D eigenvalue weighted by Gasteiger charge is 2.13. The molecule has 0 atom stereocenters. The number of hydrogen-bond acceptors (Lipinski definition) is 6. The number of fused-ring (bicyclic) bond motifs is 1. The van der Waals surface area contributed by atoms with Gasteiger partial charge in [-0.25, -0.2) is 4.98 Å². The average Bonchev–Trinajstić information content (AvgIpc) is 3.16. The first-order valence-corrected chi connectivity index (χ1v) is 9.25. The third-order valence-electron chi connectivity index (χ3n) is 3.96. The zero-order chi connectivity index (χ0) is 17.9. The Bertz CT molecular complexity index is 1110. The molecule has 2 heterocycles. The monoisotopic (exact) mass is 364 g/mol. The summed E-state index contributed by atoms with van der Waals surface area (Å²) in [4.78, 5) is 17.3.